The summed E-state index contributed by atoms with van der Waals surface area (Å²) in [4.78, 5) is 20.8. The van der Waals surface area contributed by atoms with Crippen molar-refractivity contribution in [3.8, 4) is 0 Å². The van der Waals surface area contributed by atoms with Crippen molar-refractivity contribution in [3.05, 3.63) is 27.2 Å². The van der Waals surface area contributed by atoms with Crippen LogP contribution in [0.5, 0.6) is 0 Å². The number of thiazole rings is 2. The van der Waals surface area contributed by atoms with Gasteiger partial charge in [-0.05, 0) is 20.8 Å². The number of nitrogens with zero attached hydrogens (tertiary/aromatic N) is 2. The van der Waals surface area contributed by atoms with E-state index in [0.29, 0.717) is 12.2 Å². The van der Waals surface area contributed by atoms with Gasteiger partial charge in [-0.25, -0.2) is 9.97 Å². The first kappa shape index (κ1) is 14.0. The predicted molar refractivity (Wildman–Crippen MR) is 77.0 cm³/mol. The molecule has 0 amide bonds. The number of rotatable bonds is 5. The highest BCUT2D eigenvalue weighted by Gasteiger charge is 2.32. The van der Waals surface area contributed by atoms with Crippen LogP contribution in [-0.4, -0.2) is 21.0 Å². The van der Waals surface area contributed by atoms with Gasteiger partial charge in [-0.3, -0.25) is 4.79 Å². The molecule has 0 aromatic carbocycles. The summed E-state index contributed by atoms with van der Waals surface area (Å²) in [5.41, 5.74) is -0.384. The average Bonchev–Trinajstić information content (AvgIpc) is 2.95. The van der Waals surface area contributed by atoms with Crippen molar-refractivity contribution < 1.29 is 9.90 Å². The number of carbonyl (C=O) groups is 1. The second kappa shape index (κ2) is 5.26. The van der Waals surface area contributed by atoms with Gasteiger partial charge in [0, 0.05) is 16.5 Å². The van der Waals surface area contributed by atoms with Gasteiger partial charge in [-0.1, -0.05) is 0 Å². The van der Waals surface area contributed by atoms with Gasteiger partial charge < -0.3 is 10.4 Å². The SMILES string of the molecule is Cc1ncc(CNc2nc(C(C)(C)C(=O)O)cs2)s1. The van der Waals surface area contributed by atoms with E-state index in [9.17, 15) is 4.79 Å². The molecule has 19 heavy (non-hydrogen) atoms. The van der Waals surface area contributed by atoms with Crippen molar-refractivity contribution in [1.29, 1.82) is 0 Å². The summed E-state index contributed by atoms with van der Waals surface area (Å²) in [6, 6.07) is 0. The van der Waals surface area contributed by atoms with Crippen LogP contribution in [0.15, 0.2) is 11.6 Å². The van der Waals surface area contributed by atoms with Gasteiger partial charge in [0.2, 0.25) is 0 Å². The highest BCUT2D eigenvalue weighted by Crippen LogP contribution is 2.27. The third-order valence-electron chi connectivity index (χ3n) is 2.76. The molecule has 0 spiro atoms. The summed E-state index contributed by atoms with van der Waals surface area (Å²) in [6.07, 6.45) is 1.84. The fourth-order valence-electron chi connectivity index (χ4n) is 1.40. The minimum atomic E-state index is -0.961. The third kappa shape index (κ3) is 3.10. The zero-order valence-electron chi connectivity index (χ0n) is 10.9. The molecule has 0 bridgehead atoms. The monoisotopic (exact) mass is 297 g/mol. The Hall–Kier alpha value is -1.47. The topological polar surface area (TPSA) is 75.1 Å². The average molecular weight is 297 g/mol. The maximum Gasteiger partial charge on any atom is 0.315 e. The number of carboxylic acids is 1. The molecule has 0 unspecified atom stereocenters. The molecule has 0 saturated carbocycles. The van der Waals surface area contributed by atoms with Gasteiger partial charge in [-0.2, -0.15) is 0 Å². The number of aryl methyl sites for hydroxylation is 1. The molecule has 2 aromatic rings. The number of hydrogen-bond donors (Lipinski definition) is 2. The van der Waals surface area contributed by atoms with E-state index in [4.69, 9.17) is 5.11 Å². The van der Waals surface area contributed by atoms with E-state index in [-0.39, 0.29) is 0 Å². The molecule has 0 aliphatic heterocycles. The first-order valence-electron chi connectivity index (χ1n) is 5.74. The molecule has 7 heteroatoms. The molecule has 2 heterocycles. The molecular formula is C12H15N3O2S2. The summed E-state index contributed by atoms with van der Waals surface area (Å²) in [6.45, 7) is 5.93. The normalized spacial score (nSPS) is 11.5. The lowest BCUT2D eigenvalue weighted by molar-refractivity contribution is -0.142. The van der Waals surface area contributed by atoms with Crippen molar-refractivity contribution in [3.63, 3.8) is 0 Å². The van der Waals surface area contributed by atoms with Crippen molar-refractivity contribution in [2.24, 2.45) is 0 Å². The maximum absolute atomic E-state index is 11.2. The molecule has 2 N–H and O–H groups in total. The Bertz CT molecular complexity index is 589. The number of nitrogens with one attached hydrogen (secondary N) is 1. The number of aromatic nitrogens is 2. The van der Waals surface area contributed by atoms with Crippen molar-refractivity contribution >= 4 is 33.8 Å². The van der Waals surface area contributed by atoms with Gasteiger partial charge in [0.15, 0.2) is 5.13 Å². The minimum absolute atomic E-state index is 0.577. The molecule has 0 fully saturated rings. The lowest BCUT2D eigenvalue weighted by Gasteiger charge is -2.15. The van der Waals surface area contributed by atoms with Gasteiger partial charge in [0.05, 0.1) is 17.2 Å². The van der Waals surface area contributed by atoms with E-state index in [2.05, 4.69) is 15.3 Å². The summed E-state index contributed by atoms with van der Waals surface area (Å²) in [5.74, 6) is -0.873. The fourth-order valence-corrected chi connectivity index (χ4v) is 3.01. The van der Waals surface area contributed by atoms with Crippen LogP contribution >= 0.6 is 22.7 Å². The van der Waals surface area contributed by atoms with Gasteiger partial charge in [0.1, 0.15) is 5.41 Å². The van der Waals surface area contributed by atoms with Crippen LogP contribution in [0.1, 0.15) is 29.4 Å². The van der Waals surface area contributed by atoms with Gasteiger partial charge in [-0.15, -0.1) is 22.7 Å². The second-order valence-corrected chi connectivity index (χ2v) is 6.84. The standard InChI is InChI=1S/C12H15N3O2S2/c1-7-13-4-8(19-7)5-14-11-15-9(6-18-11)12(2,3)10(16)17/h4,6H,5H2,1-3H3,(H,14,15)(H,16,17). The first-order valence-corrected chi connectivity index (χ1v) is 7.44. The first-order chi connectivity index (χ1) is 8.89. The summed E-state index contributed by atoms with van der Waals surface area (Å²) in [5, 5.41) is 15.9. The molecule has 0 radical (unpaired) electrons. The fraction of sp³-hybridized carbons (Fsp3) is 0.417. The zero-order valence-corrected chi connectivity index (χ0v) is 12.6. The number of carboxylic acid groups (broad SMARTS) is 1. The second-order valence-electron chi connectivity index (χ2n) is 4.67. The van der Waals surface area contributed by atoms with E-state index >= 15 is 0 Å². The Kier molecular flexibility index (Phi) is 3.86. The molecule has 102 valence electrons. The summed E-state index contributed by atoms with van der Waals surface area (Å²) < 4.78 is 0. The maximum atomic E-state index is 11.2. The largest absolute Gasteiger partial charge is 0.481 e. The van der Waals surface area contributed by atoms with Crippen molar-refractivity contribution in [2.45, 2.75) is 32.7 Å². The summed E-state index contributed by atoms with van der Waals surface area (Å²) in [7, 11) is 0. The number of hydrogen-bond acceptors (Lipinski definition) is 6. The minimum Gasteiger partial charge on any atom is -0.481 e. The Labute approximate surface area is 119 Å². The van der Waals surface area contributed by atoms with Crippen LogP contribution in [0.3, 0.4) is 0 Å². The number of anilines is 1. The number of aliphatic carboxylic acids is 1. The Morgan fingerprint density at radius 3 is 2.84 bits per heavy atom. The molecule has 0 saturated heterocycles. The van der Waals surface area contributed by atoms with Crippen LogP contribution in [0.25, 0.3) is 0 Å². The molecular weight excluding hydrogens is 282 g/mol. The molecule has 0 aliphatic carbocycles. The van der Waals surface area contributed by atoms with Crippen molar-refractivity contribution in [2.75, 3.05) is 5.32 Å². The Morgan fingerprint density at radius 2 is 2.26 bits per heavy atom. The van der Waals surface area contributed by atoms with Crippen LogP contribution in [-0.2, 0) is 16.8 Å². The quantitative estimate of drug-likeness (QED) is 0.887. The van der Waals surface area contributed by atoms with Gasteiger partial charge >= 0.3 is 5.97 Å². The Balaban J connectivity index is 2.03. The highest BCUT2D eigenvalue weighted by atomic mass is 32.1. The van der Waals surface area contributed by atoms with Crippen LogP contribution in [0.2, 0.25) is 0 Å². The molecule has 2 rings (SSSR count). The molecule has 5 nitrogen and oxygen atoms in total. The lowest BCUT2D eigenvalue weighted by atomic mass is 9.90. The van der Waals surface area contributed by atoms with Crippen LogP contribution in [0, 0.1) is 6.92 Å². The molecule has 0 atom stereocenters. The van der Waals surface area contributed by atoms with E-state index < -0.39 is 11.4 Å². The zero-order chi connectivity index (χ0) is 14.0. The van der Waals surface area contributed by atoms with Crippen LogP contribution < -0.4 is 5.32 Å². The molecule has 0 aliphatic rings. The lowest BCUT2D eigenvalue weighted by Crippen LogP contribution is -2.28. The van der Waals surface area contributed by atoms with E-state index in [1.165, 1.54) is 11.3 Å². The molecule has 2 aromatic heterocycles. The smallest absolute Gasteiger partial charge is 0.315 e. The highest BCUT2D eigenvalue weighted by molar-refractivity contribution is 7.13. The predicted octanol–water partition coefficient (Wildman–Crippen LogP) is 2.88. The third-order valence-corrected chi connectivity index (χ3v) is 4.47. The van der Waals surface area contributed by atoms with E-state index in [1.54, 1.807) is 30.6 Å². The van der Waals surface area contributed by atoms with E-state index in [1.807, 2.05) is 13.1 Å². The van der Waals surface area contributed by atoms with Crippen molar-refractivity contribution in [1.82, 2.24) is 9.97 Å². The van der Waals surface area contributed by atoms with E-state index in [0.717, 1.165) is 15.0 Å². The summed E-state index contributed by atoms with van der Waals surface area (Å²) >= 11 is 3.05. The van der Waals surface area contributed by atoms with Gasteiger partial charge in [0.25, 0.3) is 0 Å². The van der Waals surface area contributed by atoms with Crippen LogP contribution in [0.4, 0.5) is 5.13 Å². The Morgan fingerprint density at radius 1 is 1.53 bits per heavy atom.